The molecule has 2 aromatic carbocycles. The summed E-state index contributed by atoms with van der Waals surface area (Å²) < 4.78 is 29.0. The van der Waals surface area contributed by atoms with Gasteiger partial charge in [0.2, 0.25) is 10.0 Å². The van der Waals surface area contributed by atoms with Gasteiger partial charge in [-0.3, -0.25) is 0 Å². The number of hydrogen-bond donors (Lipinski definition) is 1. The van der Waals surface area contributed by atoms with Crippen molar-refractivity contribution in [2.45, 2.75) is 41.7 Å². The van der Waals surface area contributed by atoms with Crippen LogP contribution in [0.3, 0.4) is 0 Å². The fourth-order valence-corrected chi connectivity index (χ4v) is 7.98. The Labute approximate surface area is 185 Å². The summed E-state index contributed by atoms with van der Waals surface area (Å²) in [6.07, 6.45) is 3.00. The first kappa shape index (κ1) is 19.7. The van der Waals surface area contributed by atoms with Gasteiger partial charge in [0.15, 0.2) is 0 Å². The Morgan fingerprint density at radius 2 is 1.76 bits per heavy atom. The predicted molar refractivity (Wildman–Crippen MR) is 117 cm³/mol. The minimum Gasteiger partial charge on any atom is -0.364 e. The highest BCUT2D eigenvalue weighted by Crippen LogP contribution is 2.65. The minimum atomic E-state index is -3.76. The molecule has 0 amide bonds. The van der Waals surface area contributed by atoms with Gasteiger partial charge in [0.1, 0.15) is 5.66 Å². The van der Waals surface area contributed by atoms with Crippen molar-refractivity contribution in [2.75, 3.05) is 11.9 Å². The Morgan fingerprint density at radius 1 is 1.03 bits per heavy atom. The largest absolute Gasteiger partial charge is 0.364 e. The molecule has 0 spiro atoms. The molecule has 1 saturated carbocycles. The van der Waals surface area contributed by atoms with Crippen LogP contribution in [0.5, 0.6) is 0 Å². The molecule has 3 aliphatic rings. The van der Waals surface area contributed by atoms with Crippen molar-refractivity contribution in [3.63, 3.8) is 0 Å². The second kappa shape index (κ2) is 6.38. The fraction of sp³-hybridized carbons (Fsp3) is 0.333. The molecule has 1 N–H and O–H groups in total. The second-order valence-electron chi connectivity index (χ2n) is 7.94. The van der Waals surface area contributed by atoms with E-state index in [0.29, 0.717) is 34.5 Å². The van der Waals surface area contributed by atoms with Crippen molar-refractivity contribution >= 4 is 50.5 Å². The SMILES string of the molecule is C=C1CCCC23Nc4c(Cl)cc(Cl)cc4C12CCN3S(=O)(=O)c1ccc(Cl)cc1. The predicted octanol–water partition coefficient (Wildman–Crippen LogP) is 5.84. The maximum Gasteiger partial charge on any atom is 0.245 e. The summed E-state index contributed by atoms with van der Waals surface area (Å²) in [6.45, 7) is 4.77. The molecule has 0 bridgehead atoms. The lowest BCUT2D eigenvalue weighted by Crippen LogP contribution is -2.61. The number of halogens is 3. The lowest BCUT2D eigenvalue weighted by Gasteiger charge is -2.49. The Bertz CT molecular complexity index is 1150. The van der Waals surface area contributed by atoms with E-state index in [9.17, 15) is 8.42 Å². The summed E-state index contributed by atoms with van der Waals surface area (Å²) >= 11 is 18.8. The first-order valence-corrected chi connectivity index (χ1v) is 12.0. The minimum absolute atomic E-state index is 0.227. The summed E-state index contributed by atoms with van der Waals surface area (Å²) in [4.78, 5) is 0.227. The molecule has 2 heterocycles. The molecule has 2 unspecified atom stereocenters. The zero-order valence-electron chi connectivity index (χ0n) is 15.5. The summed E-state index contributed by atoms with van der Waals surface area (Å²) in [5.74, 6) is 0. The van der Waals surface area contributed by atoms with Crippen LogP contribution in [0.4, 0.5) is 5.69 Å². The Morgan fingerprint density at radius 3 is 2.48 bits per heavy atom. The van der Waals surface area contributed by atoms with Crippen LogP contribution in [0, 0.1) is 0 Å². The first-order chi connectivity index (χ1) is 13.7. The second-order valence-corrected chi connectivity index (χ2v) is 11.1. The number of hydrogen-bond acceptors (Lipinski definition) is 3. The van der Waals surface area contributed by atoms with E-state index in [2.05, 4.69) is 11.9 Å². The third-order valence-corrected chi connectivity index (χ3v) is 9.40. The maximum absolute atomic E-state index is 13.7. The molecule has 5 rings (SSSR count). The molecular weight excluding hydrogens is 451 g/mol. The van der Waals surface area contributed by atoms with E-state index in [1.165, 1.54) is 0 Å². The average molecular weight is 470 g/mol. The lowest BCUT2D eigenvalue weighted by atomic mass is 9.62. The van der Waals surface area contributed by atoms with Gasteiger partial charge in [0.25, 0.3) is 0 Å². The van der Waals surface area contributed by atoms with Crippen LogP contribution >= 0.6 is 34.8 Å². The highest BCUT2D eigenvalue weighted by Gasteiger charge is 2.69. The third-order valence-electron chi connectivity index (χ3n) is 6.69. The quantitative estimate of drug-likeness (QED) is 0.562. The van der Waals surface area contributed by atoms with Crippen LogP contribution in [0.1, 0.15) is 31.2 Å². The van der Waals surface area contributed by atoms with Crippen LogP contribution in [0.2, 0.25) is 15.1 Å². The Balaban J connectivity index is 1.73. The average Bonchev–Trinajstić information content (AvgIpc) is 3.15. The highest BCUT2D eigenvalue weighted by atomic mass is 35.5. The van der Waals surface area contributed by atoms with E-state index in [1.807, 2.05) is 6.07 Å². The molecule has 152 valence electrons. The molecule has 0 radical (unpaired) electrons. The summed E-state index contributed by atoms with van der Waals surface area (Å²) in [5, 5.41) is 5.07. The van der Waals surface area contributed by atoms with E-state index < -0.39 is 21.1 Å². The molecule has 2 aliphatic heterocycles. The summed E-state index contributed by atoms with van der Waals surface area (Å²) in [6, 6.07) is 9.91. The number of nitrogens with zero attached hydrogens (tertiary/aromatic N) is 1. The first-order valence-electron chi connectivity index (χ1n) is 9.47. The van der Waals surface area contributed by atoms with Gasteiger partial charge in [0.05, 0.1) is 21.0 Å². The van der Waals surface area contributed by atoms with Gasteiger partial charge in [-0.15, -0.1) is 0 Å². The van der Waals surface area contributed by atoms with Crippen molar-refractivity contribution in [1.82, 2.24) is 4.31 Å². The standard InChI is InChI=1S/C21H19Cl3N2O2S/c1-13-3-2-8-21-20(13,17-11-15(23)12-18(24)19(17)25-21)9-10-26(21)29(27,28)16-6-4-14(22)5-7-16/h4-7,11-12,25H,1-3,8-10H2. The van der Waals surface area contributed by atoms with Crippen LogP contribution < -0.4 is 5.32 Å². The summed E-state index contributed by atoms with van der Waals surface area (Å²) in [5.41, 5.74) is 1.36. The molecule has 29 heavy (non-hydrogen) atoms. The van der Waals surface area contributed by atoms with Gasteiger partial charge in [0, 0.05) is 16.6 Å². The van der Waals surface area contributed by atoms with Crippen LogP contribution in [0.25, 0.3) is 0 Å². The third kappa shape index (κ3) is 2.45. The molecule has 2 fully saturated rings. The van der Waals surface area contributed by atoms with Crippen molar-refractivity contribution in [1.29, 1.82) is 0 Å². The van der Waals surface area contributed by atoms with Gasteiger partial charge in [-0.2, -0.15) is 4.31 Å². The molecular formula is C21H19Cl3N2O2S. The topological polar surface area (TPSA) is 49.4 Å². The molecule has 4 nitrogen and oxygen atoms in total. The molecule has 8 heteroatoms. The highest BCUT2D eigenvalue weighted by molar-refractivity contribution is 7.89. The van der Waals surface area contributed by atoms with Crippen molar-refractivity contribution in [3.05, 3.63) is 69.2 Å². The Hall–Kier alpha value is -1.24. The van der Waals surface area contributed by atoms with E-state index in [0.717, 1.165) is 29.7 Å². The van der Waals surface area contributed by atoms with E-state index in [1.54, 1.807) is 34.6 Å². The molecule has 2 atom stereocenters. The van der Waals surface area contributed by atoms with Crippen molar-refractivity contribution < 1.29 is 8.42 Å². The molecule has 0 aromatic heterocycles. The van der Waals surface area contributed by atoms with Gasteiger partial charge < -0.3 is 5.32 Å². The normalized spacial score (nSPS) is 28.6. The number of rotatable bonds is 2. The van der Waals surface area contributed by atoms with E-state index in [-0.39, 0.29) is 4.90 Å². The number of anilines is 1. The number of sulfonamides is 1. The van der Waals surface area contributed by atoms with Crippen LogP contribution in [0.15, 0.2) is 53.4 Å². The number of fused-ring (bicyclic) bond motifs is 1. The van der Waals surface area contributed by atoms with Crippen LogP contribution in [-0.4, -0.2) is 24.9 Å². The van der Waals surface area contributed by atoms with Gasteiger partial charge in [-0.1, -0.05) is 47.0 Å². The molecule has 1 saturated heterocycles. The van der Waals surface area contributed by atoms with E-state index in [4.69, 9.17) is 34.8 Å². The Kier molecular flexibility index (Phi) is 4.34. The zero-order chi connectivity index (χ0) is 20.6. The van der Waals surface area contributed by atoms with Crippen molar-refractivity contribution in [3.8, 4) is 0 Å². The maximum atomic E-state index is 13.7. The number of nitrogens with one attached hydrogen (secondary N) is 1. The fourth-order valence-electron chi connectivity index (χ4n) is 5.54. The van der Waals surface area contributed by atoms with Crippen LogP contribution in [-0.2, 0) is 15.4 Å². The molecule has 1 aliphatic carbocycles. The van der Waals surface area contributed by atoms with Gasteiger partial charge in [-0.25, -0.2) is 8.42 Å². The number of benzene rings is 2. The summed E-state index contributed by atoms with van der Waals surface area (Å²) in [7, 11) is -3.76. The van der Waals surface area contributed by atoms with E-state index >= 15 is 0 Å². The van der Waals surface area contributed by atoms with Crippen molar-refractivity contribution in [2.24, 2.45) is 0 Å². The lowest BCUT2D eigenvalue weighted by molar-refractivity contribution is 0.178. The monoisotopic (exact) mass is 468 g/mol. The molecule has 2 aromatic rings. The smallest absolute Gasteiger partial charge is 0.245 e. The van der Waals surface area contributed by atoms with Gasteiger partial charge in [-0.05, 0) is 67.6 Å². The zero-order valence-corrected chi connectivity index (χ0v) is 18.6. The van der Waals surface area contributed by atoms with Gasteiger partial charge >= 0.3 is 0 Å².